The molecule has 0 bridgehead atoms. The number of carbonyl (C=O) groups excluding carboxylic acids is 1. The molecule has 0 aliphatic rings. The fourth-order valence-corrected chi connectivity index (χ4v) is 0.624. The minimum atomic E-state index is 0.136. The third-order valence-electron chi connectivity index (χ3n) is 1.31. The fraction of sp³-hybridized carbons (Fsp3) is 0.556. The number of hydrogen-bond donors (Lipinski definition) is 0. The first-order valence-electron chi connectivity index (χ1n) is 3.66. The van der Waals surface area contributed by atoms with Crippen molar-refractivity contribution in [3.05, 3.63) is 17.4 Å². The van der Waals surface area contributed by atoms with E-state index in [1.165, 1.54) is 0 Å². The van der Waals surface area contributed by atoms with Gasteiger partial charge in [0.05, 0.1) is 6.61 Å². The first-order chi connectivity index (χ1) is 5.22. The van der Waals surface area contributed by atoms with Gasteiger partial charge in [-0.3, -0.25) is 4.79 Å². The Morgan fingerprint density at radius 2 is 2.27 bits per heavy atom. The lowest BCUT2D eigenvalue weighted by atomic mass is 10.2. The molecule has 11 heavy (non-hydrogen) atoms. The molecule has 0 aliphatic heterocycles. The number of rotatable bonds is 4. The predicted octanol–water partition coefficient (Wildman–Crippen LogP) is 1.71. The zero-order chi connectivity index (χ0) is 8.69. The summed E-state index contributed by atoms with van der Waals surface area (Å²) in [6.07, 6.45) is 2.25. The van der Waals surface area contributed by atoms with E-state index in [-0.39, 0.29) is 5.78 Å². The number of ether oxygens (including phenoxy) is 1. The molecule has 62 valence electrons. The van der Waals surface area contributed by atoms with Gasteiger partial charge in [0.1, 0.15) is 0 Å². The molecule has 0 fully saturated rings. The van der Waals surface area contributed by atoms with Crippen LogP contribution in [0.2, 0.25) is 0 Å². The van der Waals surface area contributed by atoms with E-state index in [2.05, 4.69) is 5.73 Å². The van der Waals surface area contributed by atoms with Gasteiger partial charge in [0.15, 0.2) is 5.78 Å². The van der Waals surface area contributed by atoms with Crippen molar-refractivity contribution < 1.29 is 9.53 Å². The molecule has 0 amide bonds. The van der Waals surface area contributed by atoms with Crippen molar-refractivity contribution in [2.75, 3.05) is 13.7 Å². The maximum atomic E-state index is 10.9. The van der Waals surface area contributed by atoms with Crippen LogP contribution < -0.4 is 0 Å². The normalized spacial score (nSPS) is 8.64. The monoisotopic (exact) mass is 154 g/mol. The SMILES string of the molecule is CCC(=O)C(C)=C=CCOC. The predicted molar refractivity (Wildman–Crippen MR) is 44.4 cm³/mol. The zero-order valence-corrected chi connectivity index (χ0v) is 7.31. The molecule has 0 radical (unpaired) electrons. The van der Waals surface area contributed by atoms with Gasteiger partial charge >= 0.3 is 0 Å². The molecule has 2 nitrogen and oxygen atoms in total. The van der Waals surface area contributed by atoms with Crippen molar-refractivity contribution in [1.29, 1.82) is 0 Å². The maximum Gasteiger partial charge on any atom is 0.165 e. The largest absolute Gasteiger partial charge is 0.380 e. The van der Waals surface area contributed by atoms with Crippen LogP contribution in [0.15, 0.2) is 17.4 Å². The number of methoxy groups -OCH3 is 1. The van der Waals surface area contributed by atoms with E-state index in [1.807, 2.05) is 6.92 Å². The highest BCUT2D eigenvalue weighted by molar-refractivity contribution is 5.94. The van der Waals surface area contributed by atoms with Crippen molar-refractivity contribution in [2.45, 2.75) is 20.3 Å². The summed E-state index contributed by atoms with van der Waals surface area (Å²) in [5, 5.41) is 0. The van der Waals surface area contributed by atoms with Crippen LogP contribution in [-0.4, -0.2) is 19.5 Å². The summed E-state index contributed by atoms with van der Waals surface area (Å²) in [6.45, 7) is 4.11. The van der Waals surface area contributed by atoms with Crippen molar-refractivity contribution in [2.24, 2.45) is 0 Å². The van der Waals surface area contributed by atoms with Crippen LogP contribution >= 0.6 is 0 Å². The van der Waals surface area contributed by atoms with Crippen LogP contribution in [0.5, 0.6) is 0 Å². The molecule has 0 unspecified atom stereocenters. The summed E-state index contributed by atoms with van der Waals surface area (Å²) in [4.78, 5) is 10.9. The summed E-state index contributed by atoms with van der Waals surface area (Å²) in [5.74, 6) is 0.136. The molecule has 0 aromatic heterocycles. The molecular formula is C9H14O2. The minimum Gasteiger partial charge on any atom is -0.380 e. The van der Waals surface area contributed by atoms with E-state index < -0.39 is 0 Å². The van der Waals surface area contributed by atoms with Crippen LogP contribution in [0, 0.1) is 0 Å². The summed E-state index contributed by atoms with van der Waals surface area (Å²) in [7, 11) is 1.61. The van der Waals surface area contributed by atoms with Crippen molar-refractivity contribution >= 4 is 5.78 Å². The van der Waals surface area contributed by atoms with Gasteiger partial charge in [0.2, 0.25) is 0 Å². The second-order valence-corrected chi connectivity index (χ2v) is 2.21. The number of hydrogen-bond acceptors (Lipinski definition) is 2. The molecule has 0 aromatic carbocycles. The zero-order valence-electron chi connectivity index (χ0n) is 7.31. The highest BCUT2D eigenvalue weighted by atomic mass is 16.5. The highest BCUT2D eigenvalue weighted by Gasteiger charge is 1.97. The van der Waals surface area contributed by atoms with Crippen LogP contribution in [0.4, 0.5) is 0 Å². The Morgan fingerprint density at radius 3 is 2.73 bits per heavy atom. The van der Waals surface area contributed by atoms with E-state index >= 15 is 0 Å². The molecule has 0 spiro atoms. The molecule has 0 aliphatic carbocycles. The van der Waals surface area contributed by atoms with Crippen LogP contribution in [0.3, 0.4) is 0 Å². The van der Waals surface area contributed by atoms with Crippen molar-refractivity contribution in [3.8, 4) is 0 Å². The van der Waals surface area contributed by atoms with Gasteiger partial charge in [0.25, 0.3) is 0 Å². The third kappa shape index (κ3) is 4.54. The Balaban J connectivity index is 4.09. The first-order valence-corrected chi connectivity index (χ1v) is 3.66. The number of ketones is 1. The van der Waals surface area contributed by atoms with Gasteiger partial charge in [-0.05, 0) is 13.0 Å². The van der Waals surface area contributed by atoms with Crippen LogP contribution in [-0.2, 0) is 9.53 Å². The molecular weight excluding hydrogens is 140 g/mol. The van der Waals surface area contributed by atoms with Gasteiger partial charge in [-0.25, -0.2) is 0 Å². The van der Waals surface area contributed by atoms with Gasteiger partial charge in [0, 0.05) is 19.1 Å². The quantitative estimate of drug-likeness (QED) is 0.455. The van der Waals surface area contributed by atoms with Crippen LogP contribution in [0.1, 0.15) is 20.3 Å². The summed E-state index contributed by atoms with van der Waals surface area (Å²) >= 11 is 0. The van der Waals surface area contributed by atoms with Crippen molar-refractivity contribution in [3.63, 3.8) is 0 Å². The van der Waals surface area contributed by atoms with Gasteiger partial charge in [-0.1, -0.05) is 6.92 Å². The Morgan fingerprint density at radius 1 is 1.64 bits per heavy atom. The van der Waals surface area contributed by atoms with E-state index in [4.69, 9.17) is 4.74 Å². The van der Waals surface area contributed by atoms with Crippen LogP contribution in [0.25, 0.3) is 0 Å². The molecule has 0 N–H and O–H groups in total. The summed E-state index contributed by atoms with van der Waals surface area (Å²) < 4.78 is 4.76. The molecule has 0 rings (SSSR count). The number of carbonyl (C=O) groups is 1. The van der Waals surface area contributed by atoms with Crippen molar-refractivity contribution in [1.82, 2.24) is 0 Å². The Kier molecular flexibility index (Phi) is 5.44. The Labute approximate surface area is 67.6 Å². The summed E-state index contributed by atoms with van der Waals surface area (Å²) in [6, 6.07) is 0. The second-order valence-electron chi connectivity index (χ2n) is 2.21. The van der Waals surface area contributed by atoms with E-state index in [1.54, 1.807) is 20.1 Å². The number of Topliss-reactive ketones (excluding diaryl/α,β-unsaturated/α-hetero) is 1. The molecule has 0 aromatic rings. The van der Waals surface area contributed by atoms with E-state index in [0.717, 1.165) is 0 Å². The summed E-state index contributed by atoms with van der Waals surface area (Å²) in [5.41, 5.74) is 3.52. The molecule has 0 atom stereocenters. The van der Waals surface area contributed by atoms with E-state index in [0.29, 0.717) is 18.6 Å². The average molecular weight is 154 g/mol. The average Bonchev–Trinajstić information content (AvgIpc) is 2.03. The minimum absolute atomic E-state index is 0.136. The lowest BCUT2D eigenvalue weighted by Gasteiger charge is -1.90. The topological polar surface area (TPSA) is 26.3 Å². The van der Waals surface area contributed by atoms with Gasteiger partial charge in [-0.2, -0.15) is 0 Å². The smallest absolute Gasteiger partial charge is 0.165 e. The highest BCUT2D eigenvalue weighted by Crippen LogP contribution is 1.94. The lowest BCUT2D eigenvalue weighted by molar-refractivity contribution is -0.115. The first kappa shape index (κ1) is 10.2. The van der Waals surface area contributed by atoms with Gasteiger partial charge < -0.3 is 4.74 Å². The third-order valence-corrected chi connectivity index (χ3v) is 1.31. The molecule has 0 saturated carbocycles. The Bertz CT molecular complexity index is 186. The van der Waals surface area contributed by atoms with E-state index in [9.17, 15) is 4.79 Å². The molecule has 0 saturated heterocycles. The maximum absolute atomic E-state index is 10.9. The van der Waals surface area contributed by atoms with Gasteiger partial charge in [-0.15, -0.1) is 5.73 Å². The fourth-order valence-electron chi connectivity index (χ4n) is 0.624. The molecule has 0 heterocycles. The standard InChI is InChI=1S/C9H14O2/c1-4-9(10)8(2)6-5-7-11-3/h5H,4,7H2,1-3H3. The Hall–Kier alpha value is -0.850. The molecule has 2 heteroatoms. The second kappa shape index (κ2) is 5.90. The lowest BCUT2D eigenvalue weighted by Crippen LogP contribution is -1.94.